The number of benzene rings is 1. The van der Waals surface area contributed by atoms with Crippen LogP contribution in [-0.2, 0) is 5.41 Å². The number of aliphatic hydroxyl groups excluding tert-OH is 1. The minimum atomic E-state index is -0.157. The lowest BCUT2D eigenvalue weighted by Crippen LogP contribution is -2.20. The van der Waals surface area contributed by atoms with Crippen molar-refractivity contribution < 1.29 is 9.84 Å². The Hall–Kier alpha value is -1.02. The molecule has 0 saturated heterocycles. The van der Waals surface area contributed by atoms with Gasteiger partial charge in [-0.05, 0) is 37.7 Å². The molecular weight excluding hydrogens is 200 g/mol. The number of hydrogen-bond acceptors (Lipinski definition) is 2. The van der Waals surface area contributed by atoms with Crippen molar-refractivity contribution >= 4 is 0 Å². The fraction of sp³-hybridized carbons (Fsp3) is 0.571. The van der Waals surface area contributed by atoms with Crippen LogP contribution in [-0.4, -0.2) is 18.3 Å². The van der Waals surface area contributed by atoms with Crippen molar-refractivity contribution in [2.75, 3.05) is 7.11 Å². The van der Waals surface area contributed by atoms with Gasteiger partial charge < -0.3 is 9.84 Å². The summed E-state index contributed by atoms with van der Waals surface area (Å²) in [6.45, 7) is 4.32. The van der Waals surface area contributed by atoms with E-state index in [2.05, 4.69) is 26.0 Å². The van der Waals surface area contributed by atoms with E-state index >= 15 is 0 Å². The smallest absolute Gasteiger partial charge is 0.122 e. The van der Waals surface area contributed by atoms with Gasteiger partial charge in [-0.15, -0.1) is 0 Å². The molecule has 0 amide bonds. The lowest BCUT2D eigenvalue weighted by molar-refractivity contribution is 0.175. The Balaban J connectivity index is 2.42. The molecule has 0 bridgehead atoms. The molecule has 88 valence electrons. The van der Waals surface area contributed by atoms with Crippen LogP contribution in [0.5, 0.6) is 5.75 Å². The largest absolute Gasteiger partial charge is 0.496 e. The molecule has 2 unspecified atom stereocenters. The molecule has 1 aliphatic carbocycles. The summed E-state index contributed by atoms with van der Waals surface area (Å²) in [5.74, 6) is 0.946. The summed E-state index contributed by atoms with van der Waals surface area (Å²) in [5.41, 5.74) is 2.56. The lowest BCUT2D eigenvalue weighted by Gasteiger charge is -2.26. The second-order valence-electron chi connectivity index (χ2n) is 5.16. The van der Waals surface area contributed by atoms with Crippen molar-refractivity contribution in [1.29, 1.82) is 0 Å². The van der Waals surface area contributed by atoms with Crippen LogP contribution in [0.2, 0.25) is 0 Å². The summed E-state index contributed by atoms with van der Waals surface area (Å²) in [5, 5.41) is 9.72. The first-order valence-electron chi connectivity index (χ1n) is 5.88. The molecule has 1 aromatic carbocycles. The minimum absolute atomic E-state index is 0.0662. The van der Waals surface area contributed by atoms with E-state index in [1.54, 1.807) is 7.11 Å². The molecule has 0 aliphatic heterocycles. The molecule has 1 N–H and O–H groups in total. The Kier molecular flexibility index (Phi) is 2.94. The SMILES string of the molecule is COc1ccc(C)cc1C1(C)CCC(O)C1. The Morgan fingerprint density at radius 1 is 1.44 bits per heavy atom. The monoisotopic (exact) mass is 220 g/mol. The van der Waals surface area contributed by atoms with E-state index in [0.29, 0.717) is 0 Å². The van der Waals surface area contributed by atoms with E-state index in [1.165, 1.54) is 11.1 Å². The Morgan fingerprint density at radius 2 is 2.19 bits per heavy atom. The van der Waals surface area contributed by atoms with Gasteiger partial charge in [-0.1, -0.05) is 24.6 Å². The molecule has 0 spiro atoms. The molecule has 16 heavy (non-hydrogen) atoms. The van der Waals surface area contributed by atoms with E-state index in [0.717, 1.165) is 25.0 Å². The molecular formula is C14H20O2. The van der Waals surface area contributed by atoms with Crippen molar-refractivity contribution in [3.05, 3.63) is 29.3 Å². The zero-order valence-electron chi connectivity index (χ0n) is 10.3. The van der Waals surface area contributed by atoms with E-state index in [4.69, 9.17) is 4.74 Å². The highest BCUT2D eigenvalue weighted by Crippen LogP contribution is 2.44. The van der Waals surface area contributed by atoms with Crippen molar-refractivity contribution in [2.45, 2.75) is 44.6 Å². The maximum absolute atomic E-state index is 9.72. The molecule has 0 radical (unpaired) electrons. The molecule has 0 aromatic heterocycles. The van der Waals surface area contributed by atoms with Crippen LogP contribution in [0.4, 0.5) is 0 Å². The van der Waals surface area contributed by atoms with Crippen molar-refractivity contribution in [2.24, 2.45) is 0 Å². The molecule has 1 aromatic rings. The van der Waals surface area contributed by atoms with Gasteiger partial charge in [-0.2, -0.15) is 0 Å². The first-order chi connectivity index (χ1) is 7.55. The second kappa shape index (κ2) is 4.10. The van der Waals surface area contributed by atoms with E-state index < -0.39 is 0 Å². The van der Waals surface area contributed by atoms with Crippen LogP contribution in [0.3, 0.4) is 0 Å². The number of aliphatic hydroxyl groups is 1. The Bertz CT molecular complexity index is 386. The molecule has 2 atom stereocenters. The van der Waals surface area contributed by atoms with Gasteiger partial charge in [-0.3, -0.25) is 0 Å². The van der Waals surface area contributed by atoms with Crippen LogP contribution in [0.1, 0.15) is 37.3 Å². The predicted octanol–water partition coefficient (Wildman–Crippen LogP) is 2.81. The van der Waals surface area contributed by atoms with Gasteiger partial charge in [0.25, 0.3) is 0 Å². The third-order valence-corrected chi connectivity index (χ3v) is 3.72. The lowest BCUT2D eigenvalue weighted by atomic mass is 9.80. The molecule has 2 nitrogen and oxygen atoms in total. The number of aryl methyl sites for hydroxylation is 1. The number of hydrogen-bond donors (Lipinski definition) is 1. The summed E-state index contributed by atoms with van der Waals surface area (Å²) in [6.07, 6.45) is 2.62. The highest BCUT2D eigenvalue weighted by Gasteiger charge is 2.37. The predicted molar refractivity (Wildman–Crippen MR) is 64.9 cm³/mol. The highest BCUT2D eigenvalue weighted by molar-refractivity contribution is 5.42. The maximum Gasteiger partial charge on any atom is 0.122 e. The zero-order valence-corrected chi connectivity index (χ0v) is 10.3. The summed E-state index contributed by atoms with van der Waals surface area (Å²) in [6, 6.07) is 6.29. The average molecular weight is 220 g/mol. The van der Waals surface area contributed by atoms with E-state index in [1.807, 2.05) is 6.07 Å². The minimum Gasteiger partial charge on any atom is -0.496 e. The zero-order chi connectivity index (χ0) is 11.8. The van der Waals surface area contributed by atoms with Gasteiger partial charge in [0.05, 0.1) is 13.2 Å². The molecule has 1 saturated carbocycles. The molecule has 1 fully saturated rings. The van der Waals surface area contributed by atoms with Crippen LogP contribution >= 0.6 is 0 Å². The van der Waals surface area contributed by atoms with Crippen molar-refractivity contribution in [3.8, 4) is 5.75 Å². The van der Waals surface area contributed by atoms with Crippen molar-refractivity contribution in [3.63, 3.8) is 0 Å². The third kappa shape index (κ3) is 1.94. The molecule has 2 rings (SSSR count). The van der Waals surface area contributed by atoms with Crippen LogP contribution in [0.15, 0.2) is 18.2 Å². The van der Waals surface area contributed by atoms with Gasteiger partial charge >= 0.3 is 0 Å². The summed E-state index contributed by atoms with van der Waals surface area (Å²) >= 11 is 0. The van der Waals surface area contributed by atoms with Gasteiger partial charge in [0, 0.05) is 5.56 Å². The van der Waals surface area contributed by atoms with Crippen LogP contribution in [0.25, 0.3) is 0 Å². The first-order valence-corrected chi connectivity index (χ1v) is 5.88. The summed E-state index contributed by atoms with van der Waals surface area (Å²) in [4.78, 5) is 0. The van der Waals surface area contributed by atoms with Gasteiger partial charge in [0.2, 0.25) is 0 Å². The van der Waals surface area contributed by atoms with E-state index in [9.17, 15) is 5.11 Å². The topological polar surface area (TPSA) is 29.5 Å². The van der Waals surface area contributed by atoms with Gasteiger partial charge in [0.15, 0.2) is 0 Å². The van der Waals surface area contributed by atoms with Crippen LogP contribution in [0, 0.1) is 6.92 Å². The normalized spacial score (nSPS) is 29.4. The van der Waals surface area contributed by atoms with Gasteiger partial charge in [0.1, 0.15) is 5.75 Å². The Labute approximate surface area is 97.3 Å². The maximum atomic E-state index is 9.72. The fourth-order valence-corrected chi connectivity index (χ4v) is 2.75. The third-order valence-electron chi connectivity index (χ3n) is 3.72. The quantitative estimate of drug-likeness (QED) is 0.830. The summed E-state index contributed by atoms with van der Waals surface area (Å²) < 4.78 is 5.43. The number of methoxy groups -OCH3 is 1. The van der Waals surface area contributed by atoms with Crippen molar-refractivity contribution in [1.82, 2.24) is 0 Å². The van der Waals surface area contributed by atoms with E-state index in [-0.39, 0.29) is 11.5 Å². The van der Waals surface area contributed by atoms with Crippen LogP contribution < -0.4 is 4.74 Å². The van der Waals surface area contributed by atoms with Gasteiger partial charge in [-0.25, -0.2) is 0 Å². The number of ether oxygens (including phenoxy) is 1. The Morgan fingerprint density at radius 3 is 2.75 bits per heavy atom. The number of rotatable bonds is 2. The summed E-state index contributed by atoms with van der Waals surface area (Å²) in [7, 11) is 1.71. The molecule has 1 aliphatic rings. The highest BCUT2D eigenvalue weighted by atomic mass is 16.5. The first kappa shape index (κ1) is 11.5. The average Bonchev–Trinajstić information content (AvgIpc) is 2.60. The second-order valence-corrected chi connectivity index (χ2v) is 5.16. The fourth-order valence-electron chi connectivity index (χ4n) is 2.75. The standard InChI is InChI=1S/C14H20O2/c1-10-4-5-13(16-3)12(8-10)14(2)7-6-11(15)9-14/h4-5,8,11,15H,6-7,9H2,1-3H3. The molecule has 0 heterocycles. The molecule has 2 heteroatoms.